The highest BCUT2D eigenvalue weighted by atomic mass is 31.2. The largest absolute Gasteiger partial charge is 0.472 e. The van der Waals surface area contributed by atoms with Gasteiger partial charge in [-0.3, -0.25) is 18.6 Å². The second-order valence-corrected chi connectivity index (χ2v) is 19.4. The van der Waals surface area contributed by atoms with E-state index in [1.165, 1.54) is 109 Å². The van der Waals surface area contributed by atoms with E-state index in [0.29, 0.717) is 12.8 Å². The zero-order valence-corrected chi connectivity index (χ0v) is 41.4. The van der Waals surface area contributed by atoms with Crippen LogP contribution in [0.15, 0.2) is 36.5 Å². The van der Waals surface area contributed by atoms with Gasteiger partial charge >= 0.3 is 19.8 Å². The van der Waals surface area contributed by atoms with Crippen molar-refractivity contribution in [3.63, 3.8) is 0 Å². The van der Waals surface area contributed by atoms with Crippen molar-refractivity contribution in [2.75, 3.05) is 13.2 Å². The molecule has 0 spiro atoms. The SMILES string of the molecule is CCCCC/C=C\C/C=C\CCCCCCCC(=O)OC(COC(=O)CCCCCCCCCCC/C=C\CCCCCCCCCC)COP(=O)(O)OC1C(O)C(O)C(O)C(O)C1O. The number of carbonyl (C=O) groups excluding carboxylic acids is 2. The third-order valence-electron chi connectivity index (χ3n) is 12.0. The molecule has 380 valence electrons. The standard InChI is InChI=1S/C51H93O13P/c1-3-5-7-9-11-13-15-17-19-20-21-22-23-24-26-27-29-31-33-35-37-39-44(52)61-41-43(42-62-65(59,60)64-51-49(57)47(55)46(54)48(56)50(51)58)63-45(53)40-38-36-34-32-30-28-25-18-16-14-12-10-8-6-4-2/h12,14,18,20-21,25,43,46-51,54-58H,3-11,13,15-17,19,22-24,26-42H2,1-2H3,(H,59,60)/b14-12-,21-20-,25-18-. The van der Waals surface area contributed by atoms with Crippen molar-refractivity contribution >= 4 is 19.8 Å². The molecule has 13 nitrogen and oxygen atoms in total. The number of allylic oxidation sites excluding steroid dienone is 6. The Morgan fingerprint density at radius 2 is 0.831 bits per heavy atom. The first-order valence-electron chi connectivity index (χ1n) is 25.8. The molecule has 0 aliphatic heterocycles. The maximum atomic E-state index is 12.8. The number of phosphoric acid groups is 1. The third kappa shape index (κ3) is 33.3. The van der Waals surface area contributed by atoms with Crippen LogP contribution in [0.3, 0.4) is 0 Å². The molecular weight excluding hydrogens is 852 g/mol. The molecule has 14 heteroatoms. The minimum atomic E-state index is -5.12. The van der Waals surface area contributed by atoms with E-state index in [9.17, 15) is 44.6 Å². The Morgan fingerprint density at radius 3 is 1.29 bits per heavy atom. The van der Waals surface area contributed by atoms with Gasteiger partial charge in [-0.25, -0.2) is 4.57 Å². The van der Waals surface area contributed by atoms with Crippen LogP contribution in [0, 0.1) is 0 Å². The molecule has 0 aromatic heterocycles. The zero-order chi connectivity index (χ0) is 47.8. The number of carbonyl (C=O) groups is 2. The predicted octanol–water partition coefficient (Wildman–Crippen LogP) is 11.0. The second kappa shape index (κ2) is 41.1. The van der Waals surface area contributed by atoms with E-state index in [1.807, 2.05) is 0 Å². The van der Waals surface area contributed by atoms with Crippen LogP contribution < -0.4 is 0 Å². The maximum Gasteiger partial charge on any atom is 0.472 e. The molecule has 0 radical (unpaired) electrons. The van der Waals surface area contributed by atoms with E-state index < -0.39 is 75.7 Å². The Balaban J connectivity index is 2.39. The van der Waals surface area contributed by atoms with Crippen LogP contribution in [0.1, 0.15) is 219 Å². The first-order valence-corrected chi connectivity index (χ1v) is 27.3. The Labute approximate surface area is 393 Å². The number of hydrogen-bond acceptors (Lipinski definition) is 12. The Hall–Kier alpha value is -1.93. The number of esters is 2. The lowest BCUT2D eigenvalue weighted by Gasteiger charge is -2.41. The highest BCUT2D eigenvalue weighted by molar-refractivity contribution is 7.47. The molecule has 1 saturated carbocycles. The molecule has 6 atom stereocenters. The van der Waals surface area contributed by atoms with Gasteiger partial charge in [-0.15, -0.1) is 0 Å². The molecule has 1 rings (SSSR count). The monoisotopic (exact) mass is 945 g/mol. The highest BCUT2D eigenvalue weighted by Crippen LogP contribution is 2.47. The lowest BCUT2D eigenvalue weighted by atomic mass is 9.85. The molecule has 6 unspecified atom stereocenters. The van der Waals surface area contributed by atoms with Crippen LogP contribution in [0.4, 0.5) is 0 Å². The van der Waals surface area contributed by atoms with Gasteiger partial charge in [0, 0.05) is 12.8 Å². The Bertz CT molecular complexity index is 1280. The summed E-state index contributed by atoms with van der Waals surface area (Å²) in [6, 6.07) is 0. The van der Waals surface area contributed by atoms with E-state index in [0.717, 1.165) is 70.6 Å². The van der Waals surface area contributed by atoms with E-state index in [2.05, 4.69) is 50.3 Å². The number of rotatable bonds is 43. The Morgan fingerprint density at radius 1 is 0.477 bits per heavy atom. The van der Waals surface area contributed by atoms with Crippen molar-refractivity contribution in [1.29, 1.82) is 0 Å². The fourth-order valence-corrected chi connectivity index (χ4v) is 8.76. The van der Waals surface area contributed by atoms with E-state index >= 15 is 0 Å². The van der Waals surface area contributed by atoms with Crippen LogP contribution in [0.2, 0.25) is 0 Å². The van der Waals surface area contributed by atoms with Gasteiger partial charge in [0.05, 0.1) is 6.61 Å². The number of ether oxygens (including phenoxy) is 2. The zero-order valence-electron chi connectivity index (χ0n) is 40.5. The number of aliphatic hydroxyl groups excluding tert-OH is 5. The van der Waals surface area contributed by atoms with Crippen LogP contribution in [0.5, 0.6) is 0 Å². The lowest BCUT2D eigenvalue weighted by Crippen LogP contribution is -2.64. The topological polar surface area (TPSA) is 210 Å². The fourth-order valence-electron chi connectivity index (χ4n) is 7.78. The van der Waals surface area contributed by atoms with Crippen molar-refractivity contribution in [3.05, 3.63) is 36.5 Å². The van der Waals surface area contributed by atoms with Gasteiger partial charge in [0.2, 0.25) is 0 Å². The molecule has 1 fully saturated rings. The summed E-state index contributed by atoms with van der Waals surface area (Å²) in [6.07, 6.45) is 34.8. The summed E-state index contributed by atoms with van der Waals surface area (Å²) >= 11 is 0. The van der Waals surface area contributed by atoms with E-state index in [1.54, 1.807) is 0 Å². The Kier molecular flexibility index (Phi) is 38.6. The van der Waals surface area contributed by atoms with Gasteiger partial charge in [0.1, 0.15) is 43.2 Å². The second-order valence-electron chi connectivity index (χ2n) is 18.0. The van der Waals surface area contributed by atoms with Crippen molar-refractivity contribution in [1.82, 2.24) is 0 Å². The first-order chi connectivity index (χ1) is 31.4. The minimum absolute atomic E-state index is 0.0809. The molecule has 1 aliphatic carbocycles. The molecular formula is C51H93O13P. The van der Waals surface area contributed by atoms with Crippen LogP contribution >= 0.6 is 7.82 Å². The van der Waals surface area contributed by atoms with Gasteiger partial charge in [0.15, 0.2) is 6.10 Å². The smallest absolute Gasteiger partial charge is 0.462 e. The summed E-state index contributed by atoms with van der Waals surface area (Å²) in [4.78, 5) is 35.8. The fraction of sp³-hybridized carbons (Fsp3) is 0.843. The van der Waals surface area contributed by atoms with Gasteiger partial charge in [-0.2, -0.15) is 0 Å². The summed E-state index contributed by atoms with van der Waals surface area (Å²) < 4.78 is 33.6. The predicted molar refractivity (Wildman–Crippen MR) is 258 cm³/mol. The molecule has 0 aromatic rings. The minimum Gasteiger partial charge on any atom is -0.462 e. The highest BCUT2D eigenvalue weighted by Gasteiger charge is 2.51. The van der Waals surface area contributed by atoms with Crippen molar-refractivity contribution < 1.29 is 63.1 Å². The molecule has 65 heavy (non-hydrogen) atoms. The molecule has 0 aromatic carbocycles. The molecule has 0 amide bonds. The third-order valence-corrected chi connectivity index (χ3v) is 12.9. The van der Waals surface area contributed by atoms with Crippen LogP contribution in [0.25, 0.3) is 0 Å². The molecule has 0 saturated heterocycles. The molecule has 0 heterocycles. The quantitative estimate of drug-likeness (QED) is 0.0146. The molecule has 6 N–H and O–H groups in total. The van der Waals surface area contributed by atoms with Crippen LogP contribution in [-0.4, -0.2) is 98.3 Å². The van der Waals surface area contributed by atoms with E-state index in [4.69, 9.17) is 18.5 Å². The van der Waals surface area contributed by atoms with Gasteiger partial charge in [0.25, 0.3) is 0 Å². The van der Waals surface area contributed by atoms with Gasteiger partial charge in [-0.1, -0.05) is 172 Å². The lowest BCUT2D eigenvalue weighted by molar-refractivity contribution is -0.220. The van der Waals surface area contributed by atoms with Crippen LogP contribution in [-0.2, 0) is 32.7 Å². The first kappa shape index (κ1) is 61.1. The van der Waals surface area contributed by atoms with Crippen molar-refractivity contribution in [2.45, 2.75) is 262 Å². The van der Waals surface area contributed by atoms with Gasteiger partial charge in [-0.05, 0) is 70.6 Å². The maximum absolute atomic E-state index is 12.8. The summed E-state index contributed by atoms with van der Waals surface area (Å²) in [7, 11) is -5.12. The molecule has 0 bridgehead atoms. The average molecular weight is 945 g/mol. The number of phosphoric ester groups is 1. The number of hydrogen-bond donors (Lipinski definition) is 6. The van der Waals surface area contributed by atoms with E-state index in [-0.39, 0.29) is 12.8 Å². The number of aliphatic hydroxyl groups is 5. The van der Waals surface area contributed by atoms with Gasteiger partial charge < -0.3 is 39.9 Å². The summed E-state index contributed by atoms with van der Waals surface area (Å²) in [6.45, 7) is 3.28. The average Bonchev–Trinajstić information content (AvgIpc) is 3.29. The summed E-state index contributed by atoms with van der Waals surface area (Å²) in [5.41, 5.74) is 0. The normalized spacial score (nSPS) is 21.7. The number of unbranched alkanes of at least 4 members (excludes halogenated alkanes) is 25. The molecule has 1 aliphatic rings. The van der Waals surface area contributed by atoms with Crippen molar-refractivity contribution in [2.24, 2.45) is 0 Å². The van der Waals surface area contributed by atoms with Crippen molar-refractivity contribution in [3.8, 4) is 0 Å². The summed E-state index contributed by atoms with van der Waals surface area (Å²) in [5.74, 6) is -1.11. The summed E-state index contributed by atoms with van der Waals surface area (Å²) in [5, 5.41) is 50.2.